The number of ketones is 1. The second kappa shape index (κ2) is 7.56. The third-order valence-electron chi connectivity index (χ3n) is 2.47. The van der Waals surface area contributed by atoms with Crippen LogP contribution in [-0.4, -0.2) is 36.5 Å². The van der Waals surface area contributed by atoms with Crippen LogP contribution in [0.5, 0.6) is 0 Å². The molecule has 0 unspecified atom stereocenters. The second-order valence-electron chi connectivity index (χ2n) is 5.61. The zero-order chi connectivity index (χ0) is 16.8. The highest BCUT2D eigenvalue weighted by Crippen LogP contribution is 2.10. The van der Waals surface area contributed by atoms with Crippen molar-refractivity contribution >= 4 is 23.5 Å². The fraction of sp³-hybridized carbons (Fsp3) is 0.400. The molecule has 22 heavy (non-hydrogen) atoms. The fourth-order valence-electron chi connectivity index (χ4n) is 1.53. The van der Waals surface area contributed by atoms with E-state index in [9.17, 15) is 14.4 Å². The van der Waals surface area contributed by atoms with Crippen molar-refractivity contribution in [3.63, 3.8) is 0 Å². The molecular formula is C15H21N3O4. The normalized spacial score (nSPS) is 10.7. The van der Waals surface area contributed by atoms with Crippen LogP contribution in [0.3, 0.4) is 0 Å². The van der Waals surface area contributed by atoms with Crippen molar-refractivity contribution in [3.05, 3.63) is 29.8 Å². The van der Waals surface area contributed by atoms with Crippen LogP contribution in [0, 0.1) is 0 Å². The number of alkyl carbamates (subject to hydrolysis) is 1. The Kier molecular flexibility index (Phi) is 6.06. The molecule has 0 aliphatic carbocycles. The standard InChI is InChI=1S/C15H21N3O4/c1-15(2,3)22-14(21)17-9-13(20)18-11-6-4-10(5-7-11)12(19)8-16/h4-7H,8-9,16H2,1-3H3,(H,17,21)(H,18,20). The summed E-state index contributed by atoms with van der Waals surface area (Å²) in [6, 6.07) is 6.33. The van der Waals surface area contributed by atoms with Gasteiger partial charge in [0, 0.05) is 11.3 Å². The van der Waals surface area contributed by atoms with Gasteiger partial charge in [-0.05, 0) is 45.0 Å². The Bertz CT molecular complexity index is 547. The number of nitrogens with one attached hydrogen (secondary N) is 2. The Morgan fingerprint density at radius 2 is 1.73 bits per heavy atom. The van der Waals surface area contributed by atoms with Crippen LogP contribution in [0.25, 0.3) is 0 Å². The van der Waals surface area contributed by atoms with Crippen LogP contribution in [0.2, 0.25) is 0 Å². The van der Waals surface area contributed by atoms with E-state index in [-0.39, 0.29) is 18.9 Å². The van der Waals surface area contributed by atoms with Crippen LogP contribution >= 0.6 is 0 Å². The molecule has 7 heteroatoms. The lowest BCUT2D eigenvalue weighted by Crippen LogP contribution is -2.37. The van der Waals surface area contributed by atoms with E-state index in [1.54, 1.807) is 45.0 Å². The predicted molar refractivity (Wildman–Crippen MR) is 82.7 cm³/mol. The molecule has 7 nitrogen and oxygen atoms in total. The van der Waals surface area contributed by atoms with Gasteiger partial charge in [0.1, 0.15) is 12.1 Å². The van der Waals surface area contributed by atoms with Crippen LogP contribution < -0.4 is 16.4 Å². The van der Waals surface area contributed by atoms with E-state index in [1.165, 1.54) is 0 Å². The molecule has 0 aliphatic rings. The van der Waals surface area contributed by atoms with Crippen molar-refractivity contribution in [2.24, 2.45) is 5.73 Å². The van der Waals surface area contributed by atoms with E-state index in [2.05, 4.69) is 10.6 Å². The van der Waals surface area contributed by atoms with Crippen LogP contribution in [0.15, 0.2) is 24.3 Å². The molecular weight excluding hydrogens is 286 g/mol. The summed E-state index contributed by atoms with van der Waals surface area (Å²) in [5.41, 5.74) is 5.64. The zero-order valence-electron chi connectivity index (χ0n) is 12.9. The van der Waals surface area contributed by atoms with Gasteiger partial charge in [0.2, 0.25) is 5.91 Å². The van der Waals surface area contributed by atoms with Gasteiger partial charge >= 0.3 is 6.09 Å². The molecule has 0 aromatic heterocycles. The number of nitrogens with two attached hydrogens (primary N) is 1. The van der Waals surface area contributed by atoms with Crippen LogP contribution in [-0.2, 0) is 9.53 Å². The first-order valence-electron chi connectivity index (χ1n) is 6.81. The highest BCUT2D eigenvalue weighted by atomic mass is 16.6. The molecule has 4 N–H and O–H groups in total. The third kappa shape index (κ3) is 6.36. The molecule has 2 amide bonds. The molecule has 0 saturated heterocycles. The Balaban J connectivity index is 2.45. The summed E-state index contributed by atoms with van der Waals surface area (Å²) in [5.74, 6) is -0.576. The molecule has 0 spiro atoms. The lowest BCUT2D eigenvalue weighted by molar-refractivity contribution is -0.115. The molecule has 0 radical (unpaired) electrons. The third-order valence-corrected chi connectivity index (χ3v) is 2.47. The lowest BCUT2D eigenvalue weighted by atomic mass is 10.1. The fourth-order valence-corrected chi connectivity index (χ4v) is 1.53. The van der Waals surface area contributed by atoms with Crippen molar-refractivity contribution in [2.75, 3.05) is 18.4 Å². The van der Waals surface area contributed by atoms with Gasteiger partial charge in [-0.15, -0.1) is 0 Å². The minimum absolute atomic E-state index is 0.0640. The largest absolute Gasteiger partial charge is 0.444 e. The molecule has 1 aromatic carbocycles. The van der Waals surface area contributed by atoms with Crippen LogP contribution in [0.1, 0.15) is 31.1 Å². The summed E-state index contributed by atoms with van der Waals surface area (Å²) in [6.45, 7) is 4.93. The van der Waals surface area contributed by atoms with Gasteiger partial charge in [-0.2, -0.15) is 0 Å². The zero-order valence-corrected chi connectivity index (χ0v) is 12.9. The average Bonchev–Trinajstić information content (AvgIpc) is 2.43. The van der Waals surface area contributed by atoms with Gasteiger partial charge in [0.25, 0.3) is 0 Å². The van der Waals surface area contributed by atoms with Gasteiger partial charge in [-0.25, -0.2) is 4.79 Å². The van der Waals surface area contributed by atoms with Crippen molar-refractivity contribution in [3.8, 4) is 0 Å². The summed E-state index contributed by atoms with van der Waals surface area (Å²) in [5, 5.41) is 4.95. The summed E-state index contributed by atoms with van der Waals surface area (Å²) in [6.07, 6.45) is -0.661. The molecule has 120 valence electrons. The van der Waals surface area contributed by atoms with E-state index in [0.29, 0.717) is 11.3 Å². The maximum Gasteiger partial charge on any atom is 0.408 e. The number of hydrogen-bond acceptors (Lipinski definition) is 5. The number of Topliss-reactive ketones (excluding diaryl/α,β-unsaturated/α-hetero) is 1. The van der Waals surface area contributed by atoms with Crippen molar-refractivity contribution < 1.29 is 19.1 Å². The number of benzene rings is 1. The number of carbonyl (C=O) groups is 3. The van der Waals surface area contributed by atoms with Crippen molar-refractivity contribution in [1.82, 2.24) is 5.32 Å². The molecule has 0 atom stereocenters. The summed E-state index contributed by atoms with van der Waals surface area (Å²) in [7, 11) is 0. The molecule has 0 bridgehead atoms. The summed E-state index contributed by atoms with van der Waals surface area (Å²) < 4.78 is 5.01. The first-order valence-corrected chi connectivity index (χ1v) is 6.81. The topological polar surface area (TPSA) is 111 Å². The van der Waals surface area contributed by atoms with E-state index in [0.717, 1.165) is 0 Å². The molecule has 0 aliphatic heterocycles. The summed E-state index contributed by atoms with van der Waals surface area (Å²) >= 11 is 0. The van der Waals surface area contributed by atoms with E-state index >= 15 is 0 Å². The van der Waals surface area contributed by atoms with Crippen molar-refractivity contribution in [2.45, 2.75) is 26.4 Å². The number of rotatable bonds is 5. The molecule has 1 rings (SSSR count). The summed E-state index contributed by atoms with van der Waals surface area (Å²) in [4.78, 5) is 34.5. The monoisotopic (exact) mass is 307 g/mol. The highest BCUT2D eigenvalue weighted by Gasteiger charge is 2.16. The number of carbonyl (C=O) groups excluding carboxylic acids is 3. The van der Waals surface area contributed by atoms with Gasteiger partial charge in [-0.3, -0.25) is 9.59 Å². The van der Waals surface area contributed by atoms with Gasteiger partial charge in [-0.1, -0.05) is 0 Å². The Hall–Kier alpha value is -2.41. The molecule has 1 aromatic rings. The molecule has 0 saturated carbocycles. The Morgan fingerprint density at radius 3 is 2.23 bits per heavy atom. The molecule has 0 heterocycles. The molecule has 0 fully saturated rings. The average molecular weight is 307 g/mol. The minimum atomic E-state index is -0.661. The highest BCUT2D eigenvalue weighted by molar-refractivity contribution is 5.98. The Labute approximate surface area is 129 Å². The maximum absolute atomic E-state index is 11.7. The first-order chi connectivity index (χ1) is 10.2. The predicted octanol–water partition coefficient (Wildman–Crippen LogP) is 1.29. The number of hydrogen-bond donors (Lipinski definition) is 3. The number of amides is 2. The van der Waals surface area contributed by atoms with Crippen LogP contribution in [0.4, 0.5) is 10.5 Å². The first kappa shape index (κ1) is 17.6. The van der Waals surface area contributed by atoms with E-state index in [1.807, 2.05) is 0 Å². The SMILES string of the molecule is CC(C)(C)OC(=O)NCC(=O)Nc1ccc(C(=O)CN)cc1. The Morgan fingerprint density at radius 1 is 1.14 bits per heavy atom. The van der Waals surface area contributed by atoms with Gasteiger partial charge in [0.15, 0.2) is 5.78 Å². The maximum atomic E-state index is 11.7. The lowest BCUT2D eigenvalue weighted by Gasteiger charge is -2.19. The van der Waals surface area contributed by atoms with E-state index in [4.69, 9.17) is 10.5 Å². The number of anilines is 1. The minimum Gasteiger partial charge on any atom is -0.444 e. The van der Waals surface area contributed by atoms with Gasteiger partial charge < -0.3 is 21.1 Å². The quantitative estimate of drug-likeness (QED) is 0.710. The van der Waals surface area contributed by atoms with Gasteiger partial charge in [0.05, 0.1) is 6.54 Å². The van der Waals surface area contributed by atoms with E-state index < -0.39 is 17.6 Å². The number of ether oxygens (including phenoxy) is 1. The van der Waals surface area contributed by atoms with Crippen molar-refractivity contribution in [1.29, 1.82) is 0 Å². The smallest absolute Gasteiger partial charge is 0.408 e. The second-order valence-corrected chi connectivity index (χ2v) is 5.61.